The molecule has 2 N–H and O–H groups in total. The maximum Gasteiger partial charge on any atom is 0.220 e. The van der Waals surface area contributed by atoms with E-state index in [4.69, 9.17) is 22.7 Å². The summed E-state index contributed by atoms with van der Waals surface area (Å²) in [6.45, 7) is 1.73. The van der Waals surface area contributed by atoms with Gasteiger partial charge in [0.15, 0.2) is 11.6 Å². The molecule has 0 bridgehead atoms. The average Bonchev–Trinajstić information content (AvgIpc) is 2.32. The highest BCUT2D eigenvalue weighted by Gasteiger charge is 2.09. The Morgan fingerprint density at radius 2 is 2.00 bits per heavy atom. The summed E-state index contributed by atoms with van der Waals surface area (Å²) in [5.41, 5.74) is 6.72. The number of aryl methyl sites for hydroxylation is 1. The monoisotopic (exact) mass is 280 g/mol. The Kier molecular flexibility index (Phi) is 3.71. The van der Waals surface area contributed by atoms with Crippen molar-refractivity contribution in [3.63, 3.8) is 0 Å². The third-order valence-electron chi connectivity index (χ3n) is 2.32. The van der Waals surface area contributed by atoms with Crippen molar-refractivity contribution in [3.8, 4) is 11.6 Å². The predicted octanol–water partition coefficient (Wildman–Crippen LogP) is 3.09. The lowest BCUT2D eigenvalue weighted by Crippen LogP contribution is -2.10. The van der Waals surface area contributed by atoms with E-state index in [0.29, 0.717) is 11.3 Å². The van der Waals surface area contributed by atoms with E-state index in [1.165, 1.54) is 12.1 Å². The Bertz CT molecular complexity index is 647. The van der Waals surface area contributed by atoms with Gasteiger partial charge in [0.25, 0.3) is 0 Å². The number of hydrogen-bond acceptors (Lipinski definition) is 3. The first kappa shape index (κ1) is 13.4. The van der Waals surface area contributed by atoms with Gasteiger partial charge in [-0.25, -0.2) is 13.8 Å². The number of halogens is 2. The van der Waals surface area contributed by atoms with E-state index in [-0.39, 0.29) is 16.6 Å². The molecule has 6 heteroatoms. The van der Waals surface area contributed by atoms with Crippen LogP contribution in [0.4, 0.5) is 8.78 Å². The number of ether oxygens (including phenoxy) is 1. The third kappa shape index (κ3) is 3.23. The van der Waals surface area contributed by atoms with Crippen LogP contribution in [0.1, 0.15) is 11.3 Å². The molecule has 0 amide bonds. The molecule has 3 nitrogen and oxygen atoms in total. The van der Waals surface area contributed by atoms with E-state index in [1.807, 2.05) is 0 Å². The highest BCUT2D eigenvalue weighted by atomic mass is 32.1. The third-order valence-corrected chi connectivity index (χ3v) is 2.56. The number of thiocarbonyl (C=S) groups is 1. The zero-order chi connectivity index (χ0) is 14.0. The molecule has 1 aromatic carbocycles. The van der Waals surface area contributed by atoms with E-state index in [9.17, 15) is 8.78 Å². The molecule has 1 aromatic heterocycles. The van der Waals surface area contributed by atoms with Gasteiger partial charge in [-0.2, -0.15) is 0 Å². The van der Waals surface area contributed by atoms with E-state index in [2.05, 4.69) is 4.98 Å². The van der Waals surface area contributed by atoms with E-state index in [0.717, 1.165) is 12.1 Å². The molecular formula is C13H10F2N2OS. The summed E-state index contributed by atoms with van der Waals surface area (Å²) in [5.74, 6) is -1.45. The molecular weight excluding hydrogens is 270 g/mol. The standard InChI is InChI=1S/C13H10F2N2OS/c1-7-4-8(13(16)19)5-12(17-7)18-11-3-2-9(14)6-10(11)15/h2-6H,1H3,(H2,16,19). The van der Waals surface area contributed by atoms with Crippen molar-refractivity contribution < 1.29 is 13.5 Å². The molecule has 0 aliphatic heterocycles. The molecule has 2 rings (SSSR count). The second kappa shape index (κ2) is 5.27. The fraction of sp³-hybridized carbons (Fsp3) is 0.0769. The Morgan fingerprint density at radius 1 is 1.26 bits per heavy atom. The summed E-state index contributed by atoms with van der Waals surface area (Å²) in [7, 11) is 0. The highest BCUT2D eigenvalue weighted by Crippen LogP contribution is 2.24. The summed E-state index contributed by atoms with van der Waals surface area (Å²) < 4.78 is 31.5. The minimum atomic E-state index is -0.805. The van der Waals surface area contributed by atoms with Gasteiger partial charge < -0.3 is 10.5 Å². The molecule has 0 fully saturated rings. The minimum absolute atomic E-state index is 0.117. The molecule has 1 heterocycles. The number of hydrogen-bond donors (Lipinski definition) is 1. The summed E-state index contributed by atoms with van der Waals surface area (Å²) in [6.07, 6.45) is 0. The molecule has 0 spiro atoms. The van der Waals surface area contributed by atoms with Gasteiger partial charge in [0.2, 0.25) is 5.88 Å². The molecule has 2 aromatic rings. The van der Waals surface area contributed by atoms with Crippen LogP contribution in [0.25, 0.3) is 0 Å². The van der Waals surface area contributed by atoms with Gasteiger partial charge in [-0.1, -0.05) is 12.2 Å². The molecule has 0 aliphatic carbocycles. The van der Waals surface area contributed by atoms with E-state index < -0.39 is 11.6 Å². The van der Waals surface area contributed by atoms with Gasteiger partial charge in [0.05, 0.1) is 0 Å². The van der Waals surface area contributed by atoms with Crippen molar-refractivity contribution in [2.24, 2.45) is 5.73 Å². The van der Waals surface area contributed by atoms with Gasteiger partial charge in [-0.15, -0.1) is 0 Å². The maximum atomic E-state index is 13.5. The zero-order valence-corrected chi connectivity index (χ0v) is 10.8. The quantitative estimate of drug-likeness (QED) is 0.878. The topological polar surface area (TPSA) is 48.1 Å². The fourth-order valence-corrected chi connectivity index (χ4v) is 1.62. The van der Waals surface area contributed by atoms with Crippen LogP contribution in [-0.4, -0.2) is 9.97 Å². The van der Waals surface area contributed by atoms with Crippen LogP contribution in [0, 0.1) is 18.6 Å². The van der Waals surface area contributed by atoms with Crippen molar-refractivity contribution in [2.45, 2.75) is 6.92 Å². The summed E-state index contributed by atoms with van der Waals surface area (Å²) >= 11 is 4.86. The van der Waals surface area contributed by atoms with Gasteiger partial charge in [0, 0.05) is 23.4 Å². The fourth-order valence-electron chi connectivity index (χ4n) is 1.50. The number of rotatable bonds is 3. The Balaban J connectivity index is 2.35. The molecule has 19 heavy (non-hydrogen) atoms. The molecule has 0 atom stereocenters. The lowest BCUT2D eigenvalue weighted by atomic mass is 10.2. The smallest absolute Gasteiger partial charge is 0.220 e. The molecule has 0 aliphatic rings. The zero-order valence-electron chi connectivity index (χ0n) is 9.98. The van der Waals surface area contributed by atoms with Crippen LogP contribution in [0.3, 0.4) is 0 Å². The average molecular weight is 280 g/mol. The SMILES string of the molecule is Cc1cc(C(N)=S)cc(Oc2ccc(F)cc2F)n1. The Labute approximate surface area is 114 Å². The Hall–Kier alpha value is -2.08. The van der Waals surface area contributed by atoms with Crippen LogP contribution in [-0.2, 0) is 0 Å². The van der Waals surface area contributed by atoms with Crippen LogP contribution in [0.15, 0.2) is 30.3 Å². The van der Waals surface area contributed by atoms with Crippen LogP contribution < -0.4 is 10.5 Å². The Morgan fingerprint density at radius 3 is 2.63 bits per heavy atom. The van der Waals surface area contributed by atoms with Crippen molar-refractivity contribution in [1.82, 2.24) is 4.98 Å². The summed E-state index contributed by atoms with van der Waals surface area (Å²) in [6, 6.07) is 6.21. The normalized spacial score (nSPS) is 10.3. The molecule has 0 unspecified atom stereocenters. The van der Waals surface area contributed by atoms with Crippen LogP contribution in [0.2, 0.25) is 0 Å². The number of benzene rings is 1. The van der Waals surface area contributed by atoms with Gasteiger partial charge in [0.1, 0.15) is 10.8 Å². The number of nitrogens with zero attached hydrogens (tertiary/aromatic N) is 1. The predicted molar refractivity (Wildman–Crippen MR) is 71.3 cm³/mol. The molecule has 0 radical (unpaired) electrons. The second-order valence-electron chi connectivity index (χ2n) is 3.88. The number of aromatic nitrogens is 1. The number of pyridine rings is 1. The van der Waals surface area contributed by atoms with Crippen molar-refractivity contribution in [1.29, 1.82) is 0 Å². The largest absolute Gasteiger partial charge is 0.436 e. The van der Waals surface area contributed by atoms with Gasteiger partial charge in [-0.3, -0.25) is 0 Å². The summed E-state index contributed by atoms with van der Waals surface area (Å²) in [4.78, 5) is 4.27. The molecule has 0 saturated carbocycles. The summed E-state index contributed by atoms with van der Waals surface area (Å²) in [5, 5.41) is 0. The van der Waals surface area contributed by atoms with Gasteiger partial charge >= 0.3 is 0 Å². The first-order valence-electron chi connectivity index (χ1n) is 5.37. The highest BCUT2D eigenvalue weighted by molar-refractivity contribution is 7.80. The van der Waals surface area contributed by atoms with Gasteiger partial charge in [-0.05, 0) is 25.1 Å². The number of nitrogens with two attached hydrogens (primary N) is 1. The first-order valence-corrected chi connectivity index (χ1v) is 5.78. The lowest BCUT2D eigenvalue weighted by molar-refractivity contribution is 0.423. The molecule has 98 valence electrons. The van der Waals surface area contributed by atoms with Crippen molar-refractivity contribution in [3.05, 3.63) is 53.2 Å². The first-order chi connectivity index (χ1) is 8.95. The van der Waals surface area contributed by atoms with Crippen LogP contribution in [0.5, 0.6) is 11.6 Å². The van der Waals surface area contributed by atoms with E-state index in [1.54, 1.807) is 13.0 Å². The lowest BCUT2D eigenvalue weighted by Gasteiger charge is -2.08. The molecule has 0 saturated heterocycles. The van der Waals surface area contributed by atoms with Crippen molar-refractivity contribution >= 4 is 17.2 Å². The second-order valence-corrected chi connectivity index (χ2v) is 4.32. The maximum absolute atomic E-state index is 13.5. The van der Waals surface area contributed by atoms with Crippen molar-refractivity contribution in [2.75, 3.05) is 0 Å². The van der Waals surface area contributed by atoms with E-state index >= 15 is 0 Å². The minimum Gasteiger partial charge on any atom is -0.436 e. The van der Waals surface area contributed by atoms with Crippen LogP contribution >= 0.6 is 12.2 Å².